The maximum absolute atomic E-state index is 13.9. The zero-order valence-electron chi connectivity index (χ0n) is 11.5. The van der Waals surface area contributed by atoms with E-state index >= 15 is 0 Å². The summed E-state index contributed by atoms with van der Waals surface area (Å²) < 4.78 is 14.7. The Morgan fingerprint density at radius 3 is 2.58 bits per heavy atom. The highest BCUT2D eigenvalue weighted by Gasteiger charge is 2.36. The molecule has 106 valence electrons. The second kappa shape index (κ2) is 5.90. The van der Waals surface area contributed by atoms with Gasteiger partial charge in [-0.1, -0.05) is 29.8 Å². The summed E-state index contributed by atoms with van der Waals surface area (Å²) in [6.45, 7) is 7.06. The lowest BCUT2D eigenvalue weighted by Crippen LogP contribution is -2.44. The lowest BCUT2D eigenvalue weighted by molar-refractivity contribution is -0.0305. The Bertz CT molecular complexity index is 442. The highest BCUT2D eigenvalue weighted by Crippen LogP contribution is 2.35. The van der Waals surface area contributed by atoms with Crippen molar-refractivity contribution in [1.82, 2.24) is 4.90 Å². The van der Waals surface area contributed by atoms with Crippen molar-refractivity contribution < 1.29 is 9.50 Å². The molecule has 0 saturated carbocycles. The van der Waals surface area contributed by atoms with Crippen LogP contribution in [0.3, 0.4) is 0 Å². The Hall–Kier alpha value is -0.450. The van der Waals surface area contributed by atoms with Gasteiger partial charge < -0.3 is 10.0 Å². The summed E-state index contributed by atoms with van der Waals surface area (Å²) in [5.41, 5.74) is -0.604. The summed E-state index contributed by atoms with van der Waals surface area (Å²) >= 11 is 3.34. The van der Waals surface area contributed by atoms with E-state index in [1.165, 1.54) is 6.07 Å². The van der Waals surface area contributed by atoms with Gasteiger partial charge in [-0.25, -0.2) is 4.39 Å². The van der Waals surface area contributed by atoms with E-state index in [-0.39, 0.29) is 5.82 Å². The number of piperidine rings is 1. The lowest BCUT2D eigenvalue weighted by Gasteiger charge is -2.39. The number of benzene rings is 1. The van der Waals surface area contributed by atoms with Gasteiger partial charge in [0, 0.05) is 29.7 Å². The largest absolute Gasteiger partial charge is 0.385 e. The molecule has 0 aromatic heterocycles. The summed E-state index contributed by atoms with van der Waals surface area (Å²) in [4.78, 5) is 2.34. The molecule has 0 amide bonds. The van der Waals surface area contributed by atoms with Crippen molar-refractivity contribution in [3.63, 3.8) is 0 Å². The summed E-state index contributed by atoms with van der Waals surface area (Å²) in [5, 5.41) is 10.7. The number of nitrogens with zero attached hydrogens (tertiary/aromatic N) is 1. The first-order valence-corrected chi connectivity index (χ1v) is 7.60. The standard InChI is InChI=1S/C15H21BrFNO/c1-11(2)10-18-7-5-15(19,6-8-18)13-9-12(16)3-4-14(13)17/h3-4,9,11,19H,5-8,10H2,1-2H3. The molecule has 0 atom stereocenters. The Balaban J connectivity index is 2.11. The fourth-order valence-electron chi connectivity index (χ4n) is 2.75. The van der Waals surface area contributed by atoms with Gasteiger partial charge in [0.05, 0.1) is 5.60 Å². The van der Waals surface area contributed by atoms with Crippen LogP contribution >= 0.6 is 15.9 Å². The first-order valence-electron chi connectivity index (χ1n) is 6.81. The number of halogens is 2. The Kier molecular flexibility index (Phi) is 4.64. The summed E-state index contributed by atoms with van der Waals surface area (Å²) in [6, 6.07) is 4.78. The Morgan fingerprint density at radius 1 is 1.37 bits per heavy atom. The van der Waals surface area contributed by atoms with Crippen molar-refractivity contribution in [2.45, 2.75) is 32.3 Å². The lowest BCUT2D eigenvalue weighted by atomic mass is 9.84. The van der Waals surface area contributed by atoms with Gasteiger partial charge in [0.15, 0.2) is 0 Å². The monoisotopic (exact) mass is 329 g/mol. The normalized spacial score (nSPS) is 19.9. The third-order valence-electron chi connectivity index (χ3n) is 3.74. The van der Waals surface area contributed by atoms with Crippen LogP contribution in [0.2, 0.25) is 0 Å². The second-order valence-corrected chi connectivity index (χ2v) is 6.77. The van der Waals surface area contributed by atoms with E-state index in [4.69, 9.17) is 0 Å². The quantitative estimate of drug-likeness (QED) is 0.917. The van der Waals surface area contributed by atoms with E-state index in [0.717, 1.165) is 24.1 Å². The minimum Gasteiger partial charge on any atom is -0.385 e. The third kappa shape index (κ3) is 3.56. The van der Waals surface area contributed by atoms with Crippen LogP contribution in [0, 0.1) is 11.7 Å². The predicted molar refractivity (Wildman–Crippen MR) is 78.5 cm³/mol. The Morgan fingerprint density at radius 2 is 2.00 bits per heavy atom. The number of hydrogen-bond donors (Lipinski definition) is 1. The molecular formula is C15H21BrFNO. The van der Waals surface area contributed by atoms with E-state index < -0.39 is 5.60 Å². The molecular weight excluding hydrogens is 309 g/mol. The predicted octanol–water partition coefficient (Wildman–Crippen LogP) is 3.53. The summed E-state index contributed by atoms with van der Waals surface area (Å²) in [5.74, 6) is 0.303. The minimum absolute atomic E-state index is 0.317. The third-order valence-corrected chi connectivity index (χ3v) is 4.23. The number of likely N-dealkylation sites (tertiary alicyclic amines) is 1. The van der Waals surface area contributed by atoms with Crippen LogP contribution < -0.4 is 0 Å². The van der Waals surface area contributed by atoms with Gasteiger partial charge in [-0.05, 0) is 37.0 Å². The zero-order valence-corrected chi connectivity index (χ0v) is 13.1. The topological polar surface area (TPSA) is 23.5 Å². The van der Waals surface area contributed by atoms with Crippen molar-refractivity contribution in [2.75, 3.05) is 19.6 Å². The molecule has 1 aliphatic heterocycles. The van der Waals surface area contributed by atoms with Crippen molar-refractivity contribution in [3.05, 3.63) is 34.1 Å². The van der Waals surface area contributed by atoms with Crippen LogP contribution in [0.1, 0.15) is 32.3 Å². The maximum Gasteiger partial charge on any atom is 0.129 e. The maximum atomic E-state index is 13.9. The highest BCUT2D eigenvalue weighted by atomic mass is 79.9. The van der Waals surface area contributed by atoms with Crippen molar-refractivity contribution in [3.8, 4) is 0 Å². The molecule has 1 saturated heterocycles. The number of aliphatic hydroxyl groups is 1. The average Bonchev–Trinajstić information content (AvgIpc) is 2.35. The fourth-order valence-corrected chi connectivity index (χ4v) is 3.11. The van der Waals surface area contributed by atoms with Crippen molar-refractivity contribution in [1.29, 1.82) is 0 Å². The van der Waals surface area contributed by atoms with Gasteiger partial charge in [0.1, 0.15) is 5.82 Å². The molecule has 1 fully saturated rings. The molecule has 19 heavy (non-hydrogen) atoms. The number of hydrogen-bond acceptors (Lipinski definition) is 2. The van der Waals surface area contributed by atoms with Gasteiger partial charge in [0.25, 0.3) is 0 Å². The summed E-state index contributed by atoms with van der Waals surface area (Å²) in [6.07, 6.45) is 1.18. The van der Waals surface area contributed by atoms with Crippen molar-refractivity contribution >= 4 is 15.9 Å². The highest BCUT2D eigenvalue weighted by molar-refractivity contribution is 9.10. The Labute approximate surface area is 122 Å². The SMILES string of the molecule is CC(C)CN1CCC(O)(c2cc(Br)ccc2F)CC1. The van der Waals surface area contributed by atoms with Crippen molar-refractivity contribution in [2.24, 2.45) is 5.92 Å². The molecule has 1 aromatic carbocycles. The van der Waals surface area contributed by atoms with Crippen LogP contribution in [0.25, 0.3) is 0 Å². The van der Waals surface area contributed by atoms with Crippen LogP contribution in [0.5, 0.6) is 0 Å². The molecule has 1 N–H and O–H groups in total. The molecule has 0 unspecified atom stereocenters. The molecule has 1 aromatic rings. The molecule has 0 aliphatic carbocycles. The van der Waals surface area contributed by atoms with E-state index in [0.29, 0.717) is 24.3 Å². The summed E-state index contributed by atoms with van der Waals surface area (Å²) in [7, 11) is 0. The van der Waals surface area contributed by atoms with Gasteiger partial charge >= 0.3 is 0 Å². The second-order valence-electron chi connectivity index (χ2n) is 5.85. The fraction of sp³-hybridized carbons (Fsp3) is 0.600. The van der Waals surface area contributed by atoms with E-state index in [2.05, 4.69) is 34.7 Å². The van der Waals surface area contributed by atoms with Crippen LogP contribution in [-0.4, -0.2) is 29.6 Å². The van der Waals surface area contributed by atoms with E-state index in [9.17, 15) is 9.50 Å². The van der Waals surface area contributed by atoms with E-state index in [1.807, 2.05) is 0 Å². The first-order chi connectivity index (χ1) is 8.90. The van der Waals surface area contributed by atoms with Gasteiger partial charge in [-0.15, -0.1) is 0 Å². The van der Waals surface area contributed by atoms with Gasteiger partial charge in [-0.3, -0.25) is 0 Å². The van der Waals surface area contributed by atoms with Gasteiger partial charge in [0.2, 0.25) is 0 Å². The molecule has 1 aliphatic rings. The average molecular weight is 330 g/mol. The smallest absolute Gasteiger partial charge is 0.129 e. The van der Waals surface area contributed by atoms with Crippen LogP contribution in [-0.2, 0) is 5.60 Å². The molecule has 2 rings (SSSR count). The molecule has 0 bridgehead atoms. The number of rotatable bonds is 3. The zero-order chi connectivity index (χ0) is 14.0. The molecule has 0 spiro atoms. The molecule has 4 heteroatoms. The molecule has 1 heterocycles. The van der Waals surface area contributed by atoms with E-state index in [1.54, 1.807) is 12.1 Å². The minimum atomic E-state index is -1.03. The molecule has 2 nitrogen and oxygen atoms in total. The molecule has 0 radical (unpaired) electrons. The first kappa shape index (κ1) is 14.9. The van der Waals surface area contributed by atoms with Crippen LogP contribution in [0.4, 0.5) is 4.39 Å². The van der Waals surface area contributed by atoms with Crippen LogP contribution in [0.15, 0.2) is 22.7 Å². The van der Waals surface area contributed by atoms with Gasteiger partial charge in [-0.2, -0.15) is 0 Å².